The summed E-state index contributed by atoms with van der Waals surface area (Å²) >= 11 is 0. The van der Waals surface area contributed by atoms with E-state index >= 15 is 0 Å². The van der Waals surface area contributed by atoms with Gasteiger partial charge in [0.15, 0.2) is 0 Å². The van der Waals surface area contributed by atoms with Crippen molar-refractivity contribution >= 4 is 20.0 Å². The monoisotopic (exact) mass is 548 g/mol. The predicted molar refractivity (Wildman–Crippen MR) is 163 cm³/mol. The Balaban J connectivity index is 2.12. The van der Waals surface area contributed by atoms with Gasteiger partial charge in [-0.05, 0) is 82.3 Å². The lowest BCUT2D eigenvalue weighted by Crippen LogP contribution is -2.32. The van der Waals surface area contributed by atoms with E-state index in [0.29, 0.717) is 19.4 Å². The van der Waals surface area contributed by atoms with Crippen LogP contribution in [0.3, 0.4) is 0 Å². The molecular formula is C34H48O4Si. The molecule has 39 heavy (non-hydrogen) atoms. The van der Waals surface area contributed by atoms with Gasteiger partial charge in [-0.2, -0.15) is 0 Å². The summed E-state index contributed by atoms with van der Waals surface area (Å²) in [6.07, 6.45) is 4.46. The molecule has 4 nitrogen and oxygen atoms in total. The van der Waals surface area contributed by atoms with Crippen LogP contribution in [-0.4, -0.2) is 32.2 Å². The maximum Gasteiger partial charge on any atom is 0.309 e. The van der Waals surface area contributed by atoms with Crippen LogP contribution in [0.5, 0.6) is 0 Å². The number of hydrogen-bond acceptors (Lipinski definition) is 4. The third-order valence-electron chi connectivity index (χ3n) is 6.51. The highest BCUT2D eigenvalue weighted by atomic mass is 28.3. The number of rotatable bonds is 13. The molecule has 0 saturated heterocycles. The van der Waals surface area contributed by atoms with Crippen molar-refractivity contribution < 1.29 is 19.1 Å². The molecule has 0 bridgehead atoms. The molecule has 2 aromatic rings. The molecule has 0 aliphatic carbocycles. The zero-order valence-electron chi connectivity index (χ0n) is 25.1. The number of esters is 2. The smallest absolute Gasteiger partial charge is 0.309 e. The van der Waals surface area contributed by atoms with Crippen molar-refractivity contribution in [3.05, 3.63) is 71.3 Å². The first-order valence-corrected chi connectivity index (χ1v) is 18.1. The largest absolute Gasteiger partial charge is 0.466 e. The molecule has 5 heteroatoms. The van der Waals surface area contributed by atoms with Gasteiger partial charge in [-0.3, -0.25) is 9.59 Å². The molecular weight excluding hydrogens is 500 g/mol. The van der Waals surface area contributed by atoms with Crippen molar-refractivity contribution in [2.24, 2.45) is 11.8 Å². The Morgan fingerprint density at radius 1 is 0.846 bits per heavy atom. The van der Waals surface area contributed by atoms with Crippen LogP contribution >= 0.6 is 0 Å². The van der Waals surface area contributed by atoms with Crippen LogP contribution < -0.4 is 0 Å². The van der Waals surface area contributed by atoms with Crippen molar-refractivity contribution in [2.75, 3.05) is 6.61 Å². The molecule has 0 N–H and O–H groups in total. The maximum atomic E-state index is 13.3. The van der Waals surface area contributed by atoms with Gasteiger partial charge in [-0.25, -0.2) is 0 Å². The third-order valence-corrected chi connectivity index (χ3v) is 8.21. The van der Waals surface area contributed by atoms with Crippen LogP contribution in [0.2, 0.25) is 25.7 Å². The summed E-state index contributed by atoms with van der Waals surface area (Å²) in [5.41, 5.74) is 2.52. The second-order valence-corrected chi connectivity index (χ2v) is 18.3. The average molecular weight is 549 g/mol. The molecule has 212 valence electrons. The Hall–Kier alpha value is -2.84. The molecule has 0 heterocycles. The first-order valence-electron chi connectivity index (χ1n) is 14.4. The Kier molecular flexibility index (Phi) is 13.0. The van der Waals surface area contributed by atoms with E-state index in [1.807, 2.05) is 63.2 Å². The van der Waals surface area contributed by atoms with Gasteiger partial charge in [-0.15, -0.1) is 0 Å². The first-order chi connectivity index (χ1) is 18.4. The van der Waals surface area contributed by atoms with E-state index in [9.17, 15) is 9.59 Å². The van der Waals surface area contributed by atoms with Gasteiger partial charge in [0.05, 0.1) is 18.4 Å². The van der Waals surface area contributed by atoms with Crippen LogP contribution in [0.1, 0.15) is 76.5 Å². The molecule has 0 unspecified atom stereocenters. The molecule has 0 spiro atoms. The highest BCUT2D eigenvalue weighted by molar-refractivity contribution is 6.76. The van der Waals surface area contributed by atoms with Crippen LogP contribution in [0.15, 0.2) is 54.6 Å². The summed E-state index contributed by atoms with van der Waals surface area (Å²) in [5, 5.41) is 0. The lowest BCUT2D eigenvalue weighted by Gasteiger charge is -2.26. The summed E-state index contributed by atoms with van der Waals surface area (Å²) in [6.45, 7) is 15.0. The van der Waals surface area contributed by atoms with Crippen LogP contribution in [0.25, 0.3) is 0 Å². The number of hydrogen-bond donors (Lipinski definition) is 0. The average Bonchev–Trinajstić information content (AvgIpc) is 2.86. The van der Waals surface area contributed by atoms with E-state index in [1.54, 1.807) is 0 Å². The minimum atomic E-state index is -1.32. The van der Waals surface area contributed by atoms with Gasteiger partial charge in [0.2, 0.25) is 0 Å². The molecule has 0 radical (unpaired) electrons. The van der Waals surface area contributed by atoms with Crippen LogP contribution in [0, 0.1) is 23.7 Å². The summed E-state index contributed by atoms with van der Waals surface area (Å²) in [4.78, 5) is 26.3. The zero-order valence-corrected chi connectivity index (χ0v) is 26.1. The maximum absolute atomic E-state index is 13.3. The van der Waals surface area contributed by atoms with Crippen LogP contribution in [-0.2, 0) is 25.5 Å². The van der Waals surface area contributed by atoms with E-state index in [0.717, 1.165) is 48.4 Å². The summed E-state index contributed by atoms with van der Waals surface area (Å²) in [7, 11) is -1.32. The number of ether oxygens (including phenoxy) is 2. The van der Waals surface area contributed by atoms with E-state index in [4.69, 9.17) is 9.47 Å². The van der Waals surface area contributed by atoms with E-state index in [-0.39, 0.29) is 23.8 Å². The quantitative estimate of drug-likeness (QED) is 0.144. The fourth-order valence-corrected chi connectivity index (χ4v) is 4.89. The van der Waals surface area contributed by atoms with Crippen molar-refractivity contribution in [3.63, 3.8) is 0 Å². The Labute approximate surface area is 237 Å². The molecule has 2 rings (SSSR count). The van der Waals surface area contributed by atoms with Crippen LogP contribution in [0.4, 0.5) is 0 Å². The number of unbranched alkanes of at least 4 members (excludes halogenated alkanes) is 1. The first kappa shape index (κ1) is 32.4. The lowest BCUT2D eigenvalue weighted by atomic mass is 9.86. The van der Waals surface area contributed by atoms with Crippen molar-refractivity contribution in [3.8, 4) is 11.8 Å². The van der Waals surface area contributed by atoms with Gasteiger partial charge < -0.3 is 9.47 Å². The van der Waals surface area contributed by atoms with E-state index in [1.165, 1.54) is 0 Å². The highest BCUT2D eigenvalue weighted by Crippen LogP contribution is 2.27. The van der Waals surface area contributed by atoms with Gasteiger partial charge in [0, 0.05) is 19.2 Å². The standard InChI is InChI=1S/C34H48O4Si/c1-8-9-15-30(33(36)38-34(2,3)4)26-31(32(35)37-24-25-39(5,6)7)23-22-29-20-18-28(19-21-29)17-16-27-13-11-10-12-14-27/h10-14,18-21,30-31H,8-9,15,22-26H2,1-7H3/t30-,31+/m0/s1. The Morgan fingerprint density at radius 3 is 2.00 bits per heavy atom. The fraction of sp³-hybridized carbons (Fsp3) is 0.529. The zero-order chi connectivity index (χ0) is 28.9. The molecule has 2 atom stereocenters. The highest BCUT2D eigenvalue weighted by Gasteiger charge is 2.31. The minimum Gasteiger partial charge on any atom is -0.466 e. The van der Waals surface area contributed by atoms with Gasteiger partial charge in [0.25, 0.3) is 0 Å². The van der Waals surface area contributed by atoms with Gasteiger partial charge >= 0.3 is 11.9 Å². The molecule has 0 fully saturated rings. The van der Waals surface area contributed by atoms with Crippen molar-refractivity contribution in [2.45, 2.75) is 97.5 Å². The van der Waals surface area contributed by atoms with Crippen molar-refractivity contribution in [1.82, 2.24) is 0 Å². The Morgan fingerprint density at radius 2 is 1.44 bits per heavy atom. The number of aryl methyl sites for hydroxylation is 1. The van der Waals surface area contributed by atoms with Gasteiger partial charge in [-0.1, -0.05) is 81.6 Å². The fourth-order valence-electron chi connectivity index (χ4n) is 4.18. The topological polar surface area (TPSA) is 52.6 Å². The summed E-state index contributed by atoms with van der Waals surface area (Å²) < 4.78 is 11.5. The van der Waals surface area contributed by atoms with Crippen molar-refractivity contribution in [1.29, 1.82) is 0 Å². The normalized spacial score (nSPS) is 13.1. The number of benzene rings is 2. The Bertz CT molecular complexity index is 1080. The molecule has 0 aromatic heterocycles. The predicted octanol–water partition coefficient (Wildman–Crippen LogP) is 8.05. The number of carbonyl (C=O) groups excluding carboxylic acids is 2. The van der Waals surface area contributed by atoms with E-state index in [2.05, 4.69) is 50.5 Å². The minimum absolute atomic E-state index is 0.191. The third kappa shape index (κ3) is 13.7. The molecule has 0 aliphatic rings. The molecule has 0 saturated carbocycles. The summed E-state index contributed by atoms with van der Waals surface area (Å²) in [5.74, 6) is 5.34. The second-order valence-electron chi connectivity index (χ2n) is 12.6. The second kappa shape index (κ2) is 15.7. The van der Waals surface area contributed by atoms with Gasteiger partial charge in [0.1, 0.15) is 5.60 Å². The molecule has 0 amide bonds. The molecule has 2 aromatic carbocycles. The number of carbonyl (C=O) groups is 2. The lowest BCUT2D eigenvalue weighted by molar-refractivity contribution is -0.162. The summed E-state index contributed by atoms with van der Waals surface area (Å²) in [6, 6.07) is 19.1. The SMILES string of the molecule is CCCC[C@@H](C[C@@H](CCc1ccc(C#Cc2ccccc2)cc1)C(=O)OCC[Si](C)(C)C)C(=O)OC(C)(C)C. The van der Waals surface area contributed by atoms with E-state index < -0.39 is 13.7 Å². The molecule has 0 aliphatic heterocycles.